The molecule has 5 nitrogen and oxygen atoms in total. The van der Waals surface area contributed by atoms with Gasteiger partial charge in [0.2, 0.25) is 0 Å². The zero-order chi connectivity index (χ0) is 15.2. The zero-order valence-corrected chi connectivity index (χ0v) is 16.9. The topological polar surface area (TPSA) is 40.1 Å². The lowest BCUT2D eigenvalue weighted by atomic mass is 10.2. The number of hydrogen-bond donors (Lipinski definition) is 1. The predicted molar refractivity (Wildman–Crippen MR) is 108 cm³/mol. The van der Waals surface area contributed by atoms with Crippen molar-refractivity contribution < 1.29 is 4.74 Å². The molecular formula is C16H27IN4OS. The van der Waals surface area contributed by atoms with Crippen LogP contribution in [0, 0.1) is 0 Å². The van der Waals surface area contributed by atoms with E-state index in [0.717, 1.165) is 58.3 Å². The second-order valence-electron chi connectivity index (χ2n) is 5.76. The number of anilines is 1. The molecule has 0 saturated carbocycles. The van der Waals surface area contributed by atoms with Crippen LogP contribution in [0.3, 0.4) is 0 Å². The molecule has 7 heteroatoms. The zero-order valence-electron chi connectivity index (χ0n) is 13.7. The minimum Gasteiger partial charge on any atom is -0.376 e. The number of thiophene rings is 1. The molecule has 2 aliphatic rings. The minimum atomic E-state index is 0. The Morgan fingerprint density at radius 1 is 1.39 bits per heavy atom. The summed E-state index contributed by atoms with van der Waals surface area (Å²) in [5, 5.41) is 6.95. The van der Waals surface area contributed by atoms with Crippen LogP contribution in [0.5, 0.6) is 0 Å². The van der Waals surface area contributed by atoms with E-state index in [-0.39, 0.29) is 24.0 Å². The number of rotatable bonds is 4. The number of aliphatic imine (C=N–C) groups is 1. The highest BCUT2D eigenvalue weighted by atomic mass is 127. The molecule has 0 spiro atoms. The number of piperazine rings is 1. The monoisotopic (exact) mass is 450 g/mol. The summed E-state index contributed by atoms with van der Waals surface area (Å²) in [5.41, 5.74) is 0. The van der Waals surface area contributed by atoms with E-state index >= 15 is 0 Å². The Kier molecular flexibility index (Phi) is 7.91. The van der Waals surface area contributed by atoms with E-state index < -0.39 is 0 Å². The third-order valence-corrected chi connectivity index (χ3v) is 5.13. The molecule has 3 rings (SSSR count). The van der Waals surface area contributed by atoms with E-state index in [1.165, 1.54) is 11.4 Å². The third-order valence-electron chi connectivity index (χ3n) is 4.20. The maximum atomic E-state index is 5.67. The van der Waals surface area contributed by atoms with Gasteiger partial charge in [-0.15, -0.1) is 35.3 Å². The molecule has 2 fully saturated rings. The van der Waals surface area contributed by atoms with Crippen molar-refractivity contribution in [3.63, 3.8) is 0 Å². The summed E-state index contributed by atoms with van der Waals surface area (Å²) in [4.78, 5) is 9.64. The molecule has 1 atom stereocenters. The molecule has 0 radical (unpaired) electrons. The average molecular weight is 450 g/mol. The molecule has 1 N–H and O–H groups in total. The number of ether oxygens (including phenoxy) is 1. The summed E-state index contributed by atoms with van der Waals surface area (Å²) in [5.74, 6) is 1.05. The van der Waals surface area contributed by atoms with Gasteiger partial charge in [-0.3, -0.25) is 4.99 Å². The quantitative estimate of drug-likeness (QED) is 0.435. The van der Waals surface area contributed by atoms with Crippen molar-refractivity contribution in [1.29, 1.82) is 0 Å². The van der Waals surface area contributed by atoms with Crippen LogP contribution in [0.2, 0.25) is 0 Å². The van der Waals surface area contributed by atoms with Crippen molar-refractivity contribution >= 4 is 46.3 Å². The van der Waals surface area contributed by atoms with E-state index in [2.05, 4.69) is 39.6 Å². The Morgan fingerprint density at radius 3 is 2.83 bits per heavy atom. The second-order valence-corrected chi connectivity index (χ2v) is 6.68. The first-order valence-corrected chi connectivity index (χ1v) is 9.18. The van der Waals surface area contributed by atoms with Crippen LogP contribution < -0.4 is 10.2 Å². The Balaban J connectivity index is 0.00000192. The molecule has 0 amide bonds. The van der Waals surface area contributed by atoms with Gasteiger partial charge in [0.25, 0.3) is 0 Å². The fourth-order valence-electron chi connectivity index (χ4n) is 2.99. The first-order chi connectivity index (χ1) is 10.9. The van der Waals surface area contributed by atoms with E-state index in [4.69, 9.17) is 9.73 Å². The summed E-state index contributed by atoms with van der Waals surface area (Å²) in [6.07, 6.45) is 2.65. The largest absolute Gasteiger partial charge is 0.376 e. The molecule has 130 valence electrons. The van der Waals surface area contributed by atoms with Crippen LogP contribution in [0.25, 0.3) is 0 Å². The van der Waals surface area contributed by atoms with E-state index in [0.29, 0.717) is 6.10 Å². The molecule has 2 saturated heterocycles. The van der Waals surface area contributed by atoms with Crippen LogP contribution in [-0.2, 0) is 4.74 Å². The van der Waals surface area contributed by atoms with Crippen LogP contribution in [0.15, 0.2) is 22.5 Å². The van der Waals surface area contributed by atoms with Gasteiger partial charge >= 0.3 is 0 Å². The molecule has 1 unspecified atom stereocenters. The van der Waals surface area contributed by atoms with Crippen molar-refractivity contribution in [2.75, 3.05) is 50.8 Å². The van der Waals surface area contributed by atoms with Crippen LogP contribution in [0.1, 0.15) is 19.8 Å². The van der Waals surface area contributed by atoms with E-state index in [1.54, 1.807) is 0 Å². The standard InChI is InChI=1S/C16H26N4OS.HI/c1-2-17-16(18-13-14-5-3-11-21-14)20-9-7-19(8-10-20)15-6-4-12-22-15;/h4,6,12,14H,2-3,5,7-11,13H2,1H3,(H,17,18);1H. The lowest BCUT2D eigenvalue weighted by Crippen LogP contribution is -2.52. The van der Waals surface area contributed by atoms with Gasteiger partial charge in [0, 0.05) is 39.3 Å². The molecule has 0 aromatic carbocycles. The maximum Gasteiger partial charge on any atom is 0.194 e. The molecule has 23 heavy (non-hydrogen) atoms. The smallest absolute Gasteiger partial charge is 0.194 e. The third kappa shape index (κ3) is 5.22. The molecule has 0 bridgehead atoms. The van der Waals surface area contributed by atoms with Crippen LogP contribution >= 0.6 is 35.3 Å². The van der Waals surface area contributed by atoms with Crippen molar-refractivity contribution in [3.8, 4) is 0 Å². The molecule has 0 aliphatic carbocycles. The summed E-state index contributed by atoms with van der Waals surface area (Å²) in [6, 6.07) is 4.33. The fraction of sp³-hybridized carbons (Fsp3) is 0.688. The number of hydrogen-bond acceptors (Lipinski definition) is 4. The summed E-state index contributed by atoms with van der Waals surface area (Å²) >= 11 is 1.82. The normalized spacial score (nSPS) is 22.1. The average Bonchev–Trinajstić information content (AvgIpc) is 3.25. The van der Waals surface area contributed by atoms with Crippen molar-refractivity contribution in [2.24, 2.45) is 4.99 Å². The Bertz CT molecular complexity index is 468. The molecule has 1 aromatic heterocycles. The van der Waals surface area contributed by atoms with Gasteiger partial charge in [0.15, 0.2) is 5.96 Å². The van der Waals surface area contributed by atoms with Gasteiger partial charge in [0.1, 0.15) is 0 Å². The van der Waals surface area contributed by atoms with Crippen LogP contribution in [-0.4, -0.2) is 62.8 Å². The summed E-state index contributed by atoms with van der Waals surface area (Å²) in [7, 11) is 0. The van der Waals surface area contributed by atoms with E-state index in [9.17, 15) is 0 Å². The van der Waals surface area contributed by atoms with Crippen LogP contribution in [0.4, 0.5) is 5.00 Å². The van der Waals surface area contributed by atoms with Gasteiger partial charge in [-0.25, -0.2) is 0 Å². The number of nitrogens with zero attached hydrogens (tertiary/aromatic N) is 3. The number of halogens is 1. The minimum absolute atomic E-state index is 0. The SMILES string of the molecule is CCNC(=NCC1CCCO1)N1CCN(c2cccs2)CC1.I. The highest BCUT2D eigenvalue weighted by Crippen LogP contribution is 2.22. The molecule has 2 aliphatic heterocycles. The second kappa shape index (κ2) is 9.68. The predicted octanol–water partition coefficient (Wildman–Crippen LogP) is 2.63. The van der Waals surface area contributed by atoms with Gasteiger partial charge in [-0.1, -0.05) is 0 Å². The Labute approximate surface area is 160 Å². The van der Waals surface area contributed by atoms with Gasteiger partial charge in [-0.2, -0.15) is 0 Å². The fourth-order valence-corrected chi connectivity index (χ4v) is 3.78. The lowest BCUT2D eigenvalue weighted by Gasteiger charge is -2.37. The first-order valence-electron chi connectivity index (χ1n) is 8.30. The van der Waals surface area contributed by atoms with E-state index in [1.807, 2.05) is 11.3 Å². The molecule has 3 heterocycles. The lowest BCUT2D eigenvalue weighted by molar-refractivity contribution is 0.117. The maximum absolute atomic E-state index is 5.67. The van der Waals surface area contributed by atoms with Crippen molar-refractivity contribution in [1.82, 2.24) is 10.2 Å². The first kappa shape index (κ1) is 18.8. The Hall–Kier alpha value is -0.540. The van der Waals surface area contributed by atoms with Crippen molar-refractivity contribution in [3.05, 3.63) is 17.5 Å². The summed E-state index contributed by atoms with van der Waals surface area (Å²) < 4.78 is 5.67. The number of guanidine groups is 1. The Morgan fingerprint density at radius 2 is 2.22 bits per heavy atom. The summed E-state index contributed by atoms with van der Waals surface area (Å²) in [6.45, 7) is 8.89. The van der Waals surface area contributed by atoms with Gasteiger partial charge in [0.05, 0.1) is 17.6 Å². The number of nitrogens with one attached hydrogen (secondary N) is 1. The van der Waals surface area contributed by atoms with Gasteiger partial charge in [-0.05, 0) is 37.3 Å². The van der Waals surface area contributed by atoms with Gasteiger partial charge < -0.3 is 19.9 Å². The molecule has 1 aromatic rings. The highest BCUT2D eigenvalue weighted by Gasteiger charge is 2.21. The molecular weight excluding hydrogens is 423 g/mol. The highest BCUT2D eigenvalue weighted by molar-refractivity contribution is 14.0. The van der Waals surface area contributed by atoms with Crippen molar-refractivity contribution in [2.45, 2.75) is 25.9 Å².